The normalized spacial score (nSPS) is 13.3. The van der Waals surface area contributed by atoms with Gasteiger partial charge in [0.15, 0.2) is 17.3 Å². The number of rotatable bonds is 26. The summed E-state index contributed by atoms with van der Waals surface area (Å²) < 4.78 is 34.0. The lowest BCUT2D eigenvalue weighted by molar-refractivity contribution is 0.0942. The van der Waals surface area contributed by atoms with Gasteiger partial charge in [0.05, 0.1) is 45.7 Å². The minimum atomic E-state index is -0.720. The number of carbonyl (C=O) groups is 12. The predicted octanol–water partition coefficient (Wildman–Crippen LogP) is 22.6. The van der Waals surface area contributed by atoms with E-state index in [2.05, 4.69) is 62.6 Å². The molecule has 5 fully saturated rings. The van der Waals surface area contributed by atoms with E-state index in [1.165, 1.54) is 51.5 Å². The number of para-hydroxylation sites is 1. The number of hydrogen-bond donors (Lipinski definition) is 11. The number of anilines is 5. The second kappa shape index (κ2) is 43.5. The molecule has 10 aromatic carbocycles. The lowest BCUT2D eigenvalue weighted by Gasteiger charge is -2.11. The summed E-state index contributed by atoms with van der Waals surface area (Å²) >= 11 is 2.40. The highest BCUT2D eigenvalue weighted by atomic mass is 32.1. The second-order valence-corrected chi connectivity index (χ2v) is 37.8. The molecule has 27 nitrogen and oxygen atoms in total. The van der Waals surface area contributed by atoms with Gasteiger partial charge in [0.25, 0.3) is 47.3 Å². The maximum Gasteiger partial charge on any atom is 0.418 e. The monoisotopic (exact) mass is 1930 g/mol. The van der Waals surface area contributed by atoms with Crippen LogP contribution in [0.5, 0.6) is 0 Å². The molecule has 5 aliphatic rings. The fraction of sp³-hybridized carbons (Fsp3) is 0.218. The minimum absolute atomic E-state index is 0.0673. The van der Waals surface area contributed by atoms with Crippen LogP contribution in [-0.4, -0.2) is 115 Å². The number of nitrogens with one attached hydrogen (secondary N) is 10. The molecule has 20 rings (SSSR count). The summed E-state index contributed by atoms with van der Waals surface area (Å²) in [5.74, 6) is -2.26. The van der Waals surface area contributed by atoms with Crippen LogP contribution in [0.15, 0.2) is 237 Å². The van der Waals surface area contributed by atoms with Gasteiger partial charge in [0, 0.05) is 148 Å². The first-order valence-corrected chi connectivity index (χ1v) is 47.9. The Morgan fingerprint density at radius 2 is 0.851 bits per heavy atom. The molecule has 0 saturated heterocycles. The van der Waals surface area contributed by atoms with Gasteiger partial charge in [-0.1, -0.05) is 72.8 Å². The van der Waals surface area contributed by atoms with Crippen LogP contribution in [0.3, 0.4) is 0 Å². The number of fused-ring (bicyclic) bond motifs is 3. The quantitative estimate of drug-likeness (QED) is 0.0177. The molecule has 0 aliphatic heterocycles. The third-order valence-corrected chi connectivity index (χ3v) is 26.6. The molecule has 31 heteroatoms. The van der Waals surface area contributed by atoms with Gasteiger partial charge >= 0.3 is 6.09 Å². The lowest BCUT2D eigenvalue weighted by Crippen LogP contribution is -2.25. The molecule has 5 heterocycles. The van der Waals surface area contributed by atoms with Gasteiger partial charge in [-0.15, -0.1) is 22.7 Å². The van der Waals surface area contributed by atoms with Gasteiger partial charge in [-0.05, 0) is 302 Å². The predicted molar refractivity (Wildman–Crippen MR) is 543 cm³/mol. The summed E-state index contributed by atoms with van der Waals surface area (Å²) in [6.45, 7) is 18.5. The van der Waals surface area contributed by atoms with Gasteiger partial charge in [-0.25, -0.2) is 18.4 Å². The van der Waals surface area contributed by atoms with E-state index in [-0.39, 0.29) is 82.7 Å². The number of halogens is 2. The van der Waals surface area contributed by atoms with E-state index < -0.39 is 23.6 Å². The van der Waals surface area contributed by atoms with E-state index >= 15 is 0 Å². The average molecular weight is 1930 g/mol. The molecule has 0 unspecified atom stereocenters. The van der Waals surface area contributed by atoms with Crippen LogP contribution in [0, 0.1) is 64.7 Å². The van der Waals surface area contributed by atoms with Crippen LogP contribution in [0.1, 0.15) is 224 Å². The number of thiophene rings is 2. The number of nitrogens with two attached hydrogens (primary N) is 1. The van der Waals surface area contributed by atoms with Gasteiger partial charge in [0.2, 0.25) is 5.91 Å². The Balaban J connectivity index is 0.000000127. The molecule has 141 heavy (non-hydrogen) atoms. The first-order chi connectivity index (χ1) is 67.9. The molecule has 5 aromatic heterocycles. The van der Waals surface area contributed by atoms with E-state index in [1.807, 2.05) is 95.3 Å². The molecule has 0 bridgehead atoms. The summed E-state index contributed by atoms with van der Waals surface area (Å²) in [6, 6.07) is 62.3. The van der Waals surface area contributed by atoms with Crippen molar-refractivity contribution in [2.24, 2.45) is 17.6 Å². The highest BCUT2D eigenvalue weighted by Crippen LogP contribution is 2.39. The van der Waals surface area contributed by atoms with Crippen molar-refractivity contribution in [3.8, 4) is 20.9 Å². The van der Waals surface area contributed by atoms with Crippen molar-refractivity contribution in [3.63, 3.8) is 0 Å². The Labute approximate surface area is 818 Å². The molecule has 15 aromatic rings. The number of amides is 9. The number of H-pyrrole nitrogens is 2. The fourth-order valence-electron chi connectivity index (χ4n) is 15.2. The van der Waals surface area contributed by atoms with Crippen LogP contribution in [-0.2, 0) is 4.74 Å². The number of aromatic nitrogens is 4. The number of hydrogen-bond acceptors (Lipinski definition) is 16. The van der Waals surface area contributed by atoms with Gasteiger partial charge < -0.3 is 58.0 Å². The van der Waals surface area contributed by atoms with Crippen molar-refractivity contribution in [2.45, 2.75) is 137 Å². The second-order valence-electron chi connectivity index (χ2n) is 35.6. The Hall–Kier alpha value is -16.5. The number of aryl methyl sites for hydroxylation is 5. The van der Waals surface area contributed by atoms with Crippen LogP contribution < -0.4 is 48.3 Å². The Morgan fingerprint density at radius 3 is 1.31 bits per heavy atom. The maximum atomic E-state index is 13.8. The Kier molecular flexibility index (Phi) is 30.1. The number of nitrogens with zero attached hydrogens (tertiary/aromatic N) is 3. The van der Waals surface area contributed by atoms with E-state index in [1.54, 1.807) is 153 Å². The van der Waals surface area contributed by atoms with E-state index in [0.29, 0.717) is 146 Å². The van der Waals surface area contributed by atoms with Crippen LogP contribution >= 0.6 is 22.7 Å². The smallest absolute Gasteiger partial charge is 0.418 e. The van der Waals surface area contributed by atoms with Crippen molar-refractivity contribution in [2.75, 3.05) is 33.2 Å². The van der Waals surface area contributed by atoms with Gasteiger partial charge in [-0.2, -0.15) is 5.10 Å². The highest BCUT2D eigenvalue weighted by molar-refractivity contribution is 7.17. The van der Waals surface area contributed by atoms with Crippen molar-refractivity contribution in [1.82, 2.24) is 35.7 Å². The largest absolute Gasteiger partial charge is 0.449 e. The van der Waals surface area contributed by atoms with Crippen molar-refractivity contribution in [1.29, 1.82) is 0 Å². The van der Waals surface area contributed by atoms with Gasteiger partial charge in [0.1, 0.15) is 11.6 Å². The highest BCUT2D eigenvalue weighted by Gasteiger charge is 2.31. The van der Waals surface area contributed by atoms with E-state index in [0.717, 1.165) is 125 Å². The SMILES string of the molecule is CCOC(=O)n1ccc2ccc(C(=O)Nc3cc(C(=O)NC4CC4)ccc3C)cc21.Cc1ccc(C(=O)CC2CC2)cc1NC(=O)c1ccc(-c2cc(F)cc(C(N)=O)c2)s1.Cc1ccc(C(=O)NC2CC2)cc1NC(=O)c1c[nH]c2ccccc12.Cc1ccc(C(=O)NC2CC2)cc1NC(=O)c1ccc2cn[nH]c2c1.[C-]#[N+]c1cc(F)cc(-c2ccc(C(=O)Nc3cc(C(=O)CC4CC4)ccc3C)s2)c1. The van der Waals surface area contributed by atoms with Crippen LogP contribution in [0.2, 0.25) is 0 Å². The third-order valence-electron chi connectivity index (χ3n) is 24.3. The average Bonchev–Trinajstić information content (AvgIpc) is 1.67. The molecular weight excluding hydrogens is 1830 g/mol. The number of benzene rings is 10. The van der Waals surface area contributed by atoms with Crippen molar-refractivity contribution < 1.29 is 71.1 Å². The summed E-state index contributed by atoms with van der Waals surface area (Å²) in [5, 5.41) is 32.8. The minimum Gasteiger partial charge on any atom is -0.449 e. The maximum absolute atomic E-state index is 13.8. The number of primary amides is 1. The molecule has 714 valence electrons. The molecule has 5 aliphatic carbocycles. The van der Waals surface area contributed by atoms with E-state index in [9.17, 15) is 66.3 Å². The third kappa shape index (κ3) is 25.5. The first-order valence-electron chi connectivity index (χ1n) is 46.3. The van der Waals surface area contributed by atoms with E-state index in [4.69, 9.17) is 17.0 Å². The summed E-state index contributed by atoms with van der Waals surface area (Å²) in [7, 11) is 0. The first kappa shape index (κ1) is 97.6. The molecule has 5 saturated carbocycles. The molecule has 0 spiro atoms. The molecule has 0 radical (unpaired) electrons. The summed E-state index contributed by atoms with van der Waals surface area (Å²) in [5.41, 5.74) is 20.7. The molecule has 9 amide bonds. The lowest BCUT2D eigenvalue weighted by atomic mass is 10.0. The standard InChI is InChI=1S/C24H21FN2O3S.C24H19FN2O2S.C23H23N3O4.C20H19N3O2.C19H18N4O2/c1-13-2-5-15(20(28)8-14-3-4-14)12-19(13)27-24(30)22-7-6-21(31-22)16-9-17(23(26)29)11-18(25)10-16;1-14-3-6-16(21(28)9-15-4-5-15)12-20(14)27-24(29)23-8-7-22(30-23)17-10-18(25)13-19(11-17)26-2;1-3-30-23(29)26-11-10-15-6-7-17(13-20(15)26)22(28)25-19-12-16(5-4-14(19)2)21(27)24-18-8-9-18;1-12-6-7-13(19(24)22-14-8-9-14)10-18(12)23-20(25)16-11-21-17-5-3-2-4-15(16)17;1-11-2-3-12(18(24)21-15-6-7-15)8-16(11)22-19(25)13-4-5-14-10-20-23-17(14)9-13/h2,5-7,9-12,14H,3-4,8H2,1H3,(H2,26,29)(H,27,30);3,6-8,10-13,15H,4-5,9H2,1H3,(H,27,29);4-7,10-13,18H,3,8-9H2,1-2H3,(H,24,27)(H,25,28);2-7,10-11,14,21H,8-9H2,1H3,(H,22,24)(H,23,25);2-5,8-10,15H,6-7H2,1H3,(H,20,23)(H,21,24)(H,22,25). The number of Topliss-reactive ketones (excluding diaryl/α,β-unsaturated/α-hetero) is 2. The Morgan fingerprint density at radius 1 is 0.433 bits per heavy atom. The number of aromatic amines is 2. The molecule has 0 atom stereocenters. The number of ether oxygens (including phenoxy) is 1. The zero-order chi connectivity index (χ0) is 99.4. The zero-order valence-electron chi connectivity index (χ0n) is 77.9. The Bertz CT molecular complexity index is 7510. The van der Waals surface area contributed by atoms with Crippen molar-refractivity contribution >= 4 is 160 Å². The summed E-state index contributed by atoms with van der Waals surface area (Å²) in [6.07, 6.45) is 16.3. The number of ketones is 2. The fourth-order valence-corrected chi connectivity index (χ4v) is 17.0. The summed E-state index contributed by atoms with van der Waals surface area (Å²) in [4.78, 5) is 157. The van der Waals surface area contributed by atoms with Crippen molar-refractivity contribution in [3.05, 3.63) is 348 Å². The van der Waals surface area contributed by atoms with Crippen LogP contribution in [0.25, 0.3) is 58.4 Å². The van der Waals surface area contributed by atoms with Crippen LogP contribution in [0.4, 0.5) is 47.7 Å². The number of carbonyl (C=O) groups excluding carboxylic acids is 12. The molecule has 12 N–H and O–H groups in total. The van der Waals surface area contributed by atoms with Gasteiger partial charge in [-0.3, -0.25) is 62.4 Å². The topological polar surface area (TPSA) is 390 Å². The molecular formula is C110H100F2N14O13S2. The zero-order valence-corrected chi connectivity index (χ0v) is 79.5.